The van der Waals surface area contributed by atoms with Gasteiger partial charge in [0.1, 0.15) is 5.69 Å². The van der Waals surface area contributed by atoms with Crippen LogP contribution in [0.4, 0.5) is 0 Å². The zero-order chi connectivity index (χ0) is 30.2. The third-order valence-electron chi connectivity index (χ3n) is 9.29. The molecule has 0 unspecified atom stereocenters. The highest BCUT2D eigenvalue weighted by Crippen LogP contribution is 2.43. The molecule has 4 nitrogen and oxygen atoms in total. The normalized spacial score (nSPS) is 11.9. The summed E-state index contributed by atoms with van der Waals surface area (Å²) in [4.78, 5) is 10.5. The van der Waals surface area contributed by atoms with Crippen LogP contribution in [0.15, 0.2) is 158 Å². The third kappa shape index (κ3) is 3.49. The summed E-state index contributed by atoms with van der Waals surface area (Å²) >= 11 is 0. The minimum Gasteiger partial charge on any atom is -0.309 e. The molecule has 46 heavy (non-hydrogen) atoms. The van der Waals surface area contributed by atoms with Gasteiger partial charge in [0.2, 0.25) is 0 Å². The van der Waals surface area contributed by atoms with E-state index >= 15 is 0 Å². The van der Waals surface area contributed by atoms with Crippen molar-refractivity contribution in [3.8, 4) is 22.8 Å². The van der Waals surface area contributed by atoms with Gasteiger partial charge in [-0.05, 0) is 47.9 Å². The van der Waals surface area contributed by atoms with E-state index in [4.69, 9.17) is 9.97 Å². The minimum absolute atomic E-state index is 0.827. The van der Waals surface area contributed by atoms with Gasteiger partial charge >= 0.3 is 0 Å². The molecule has 0 atom stereocenters. The molecule has 0 saturated heterocycles. The molecule has 0 N–H and O–H groups in total. The van der Waals surface area contributed by atoms with E-state index in [1.807, 2.05) is 30.3 Å². The quantitative estimate of drug-likeness (QED) is 0.206. The molecule has 4 heteroatoms. The summed E-state index contributed by atoms with van der Waals surface area (Å²) in [6.45, 7) is 0. The monoisotopic (exact) mass is 586 g/mol. The topological polar surface area (TPSA) is 35.6 Å². The maximum Gasteiger partial charge on any atom is 0.165 e. The zero-order valence-electron chi connectivity index (χ0n) is 24.8. The Hall–Kier alpha value is -6.26. The van der Waals surface area contributed by atoms with Gasteiger partial charge < -0.3 is 4.57 Å². The van der Waals surface area contributed by atoms with Crippen LogP contribution in [0.25, 0.3) is 88.2 Å². The molecule has 10 rings (SSSR count). The largest absolute Gasteiger partial charge is 0.309 e. The molecule has 0 aliphatic heterocycles. The Kier molecular flexibility index (Phi) is 5.25. The van der Waals surface area contributed by atoms with Crippen molar-refractivity contribution >= 4 is 65.4 Å². The Morgan fingerprint density at radius 2 is 0.913 bits per heavy atom. The molecule has 214 valence electrons. The summed E-state index contributed by atoms with van der Waals surface area (Å²) in [6.07, 6.45) is 0. The second kappa shape index (κ2) is 9.62. The van der Waals surface area contributed by atoms with Gasteiger partial charge in [0.25, 0.3) is 0 Å². The fourth-order valence-electron chi connectivity index (χ4n) is 7.35. The molecule has 3 aromatic heterocycles. The Labute approximate surface area is 264 Å². The van der Waals surface area contributed by atoms with Crippen molar-refractivity contribution in [2.24, 2.45) is 0 Å². The molecule has 7 aromatic carbocycles. The predicted octanol–water partition coefficient (Wildman–Crippen LogP) is 10.6. The maximum absolute atomic E-state index is 5.32. The molecule has 0 fully saturated rings. The summed E-state index contributed by atoms with van der Waals surface area (Å²) < 4.78 is 4.75. The van der Waals surface area contributed by atoms with Gasteiger partial charge in [0, 0.05) is 32.5 Å². The standard InChI is InChI=1S/C42H26N4/c1-2-14-28(15-3-1)41-42(44-33-21-9-8-20-32(33)43-41)46-36-23-11-7-19-31(36)40-38(46)26-25-37-39(40)30-18-6-10-22-35(30)45(37)34-24-12-16-27-13-4-5-17-29(27)34/h1-26H. The molecule has 0 aliphatic rings. The first-order chi connectivity index (χ1) is 22.8. The second-order valence-corrected chi connectivity index (χ2v) is 11.8. The van der Waals surface area contributed by atoms with Crippen molar-refractivity contribution in [1.82, 2.24) is 19.1 Å². The predicted molar refractivity (Wildman–Crippen MR) is 191 cm³/mol. The molecular formula is C42H26N4. The van der Waals surface area contributed by atoms with Crippen molar-refractivity contribution in [1.29, 1.82) is 0 Å². The van der Waals surface area contributed by atoms with Crippen molar-refractivity contribution in [3.63, 3.8) is 0 Å². The van der Waals surface area contributed by atoms with Crippen LogP contribution in [0.2, 0.25) is 0 Å². The van der Waals surface area contributed by atoms with Crippen LogP contribution >= 0.6 is 0 Å². The van der Waals surface area contributed by atoms with Gasteiger partial charge in [0.15, 0.2) is 5.82 Å². The van der Waals surface area contributed by atoms with E-state index in [0.29, 0.717) is 0 Å². The molecular weight excluding hydrogens is 560 g/mol. The van der Waals surface area contributed by atoms with Gasteiger partial charge in [0.05, 0.1) is 38.8 Å². The van der Waals surface area contributed by atoms with Crippen LogP contribution in [0.1, 0.15) is 0 Å². The number of nitrogens with zero attached hydrogens (tertiary/aromatic N) is 4. The highest BCUT2D eigenvalue weighted by Gasteiger charge is 2.23. The molecule has 0 aliphatic carbocycles. The van der Waals surface area contributed by atoms with Crippen LogP contribution in [0.5, 0.6) is 0 Å². The van der Waals surface area contributed by atoms with Gasteiger partial charge in [-0.2, -0.15) is 0 Å². The Balaban J connectivity index is 1.38. The highest BCUT2D eigenvalue weighted by atomic mass is 15.1. The van der Waals surface area contributed by atoms with Crippen LogP contribution in [-0.2, 0) is 0 Å². The molecule has 0 bridgehead atoms. The Bertz CT molecular complexity index is 2800. The average molecular weight is 587 g/mol. The lowest BCUT2D eigenvalue weighted by Gasteiger charge is -2.14. The number of hydrogen-bond donors (Lipinski definition) is 0. The summed E-state index contributed by atoms with van der Waals surface area (Å²) in [5.41, 5.74) is 9.41. The lowest BCUT2D eigenvalue weighted by molar-refractivity contribution is 1.08. The lowest BCUT2D eigenvalue weighted by Crippen LogP contribution is -2.03. The highest BCUT2D eigenvalue weighted by molar-refractivity contribution is 6.29. The summed E-state index contributed by atoms with van der Waals surface area (Å²) in [7, 11) is 0. The third-order valence-corrected chi connectivity index (χ3v) is 9.29. The van der Waals surface area contributed by atoms with Crippen LogP contribution in [0, 0.1) is 0 Å². The molecule has 0 amide bonds. The number of hydrogen-bond acceptors (Lipinski definition) is 2. The van der Waals surface area contributed by atoms with Gasteiger partial charge in [-0.1, -0.05) is 115 Å². The van der Waals surface area contributed by atoms with E-state index in [1.54, 1.807) is 0 Å². The van der Waals surface area contributed by atoms with Crippen molar-refractivity contribution in [2.45, 2.75) is 0 Å². The van der Waals surface area contributed by atoms with Gasteiger partial charge in [-0.15, -0.1) is 0 Å². The first-order valence-electron chi connectivity index (χ1n) is 15.6. The molecule has 3 heterocycles. The number of para-hydroxylation sites is 4. The first-order valence-corrected chi connectivity index (χ1v) is 15.6. The average Bonchev–Trinajstić information content (AvgIpc) is 3.64. The van der Waals surface area contributed by atoms with E-state index in [2.05, 4.69) is 137 Å². The van der Waals surface area contributed by atoms with E-state index < -0.39 is 0 Å². The SMILES string of the molecule is c1ccc(-c2nc3ccccc3nc2-n2c3ccccc3c3c4c5ccccc5n(-c5cccc6ccccc56)c4ccc32)cc1. The van der Waals surface area contributed by atoms with Crippen LogP contribution in [0.3, 0.4) is 0 Å². The van der Waals surface area contributed by atoms with E-state index in [9.17, 15) is 0 Å². The molecule has 0 spiro atoms. The van der Waals surface area contributed by atoms with Crippen molar-refractivity contribution in [3.05, 3.63) is 158 Å². The minimum atomic E-state index is 0.827. The summed E-state index contributed by atoms with van der Waals surface area (Å²) in [5, 5.41) is 7.34. The number of fused-ring (bicyclic) bond motifs is 9. The Morgan fingerprint density at radius 3 is 1.65 bits per heavy atom. The number of benzene rings is 7. The lowest BCUT2D eigenvalue weighted by atomic mass is 10.1. The van der Waals surface area contributed by atoms with E-state index in [0.717, 1.165) is 39.1 Å². The van der Waals surface area contributed by atoms with Crippen molar-refractivity contribution in [2.75, 3.05) is 0 Å². The summed E-state index contributed by atoms with van der Waals surface area (Å²) in [6, 6.07) is 55.8. The summed E-state index contributed by atoms with van der Waals surface area (Å²) in [5.74, 6) is 0.827. The fraction of sp³-hybridized carbons (Fsp3) is 0. The van der Waals surface area contributed by atoms with Gasteiger partial charge in [-0.25, -0.2) is 9.97 Å². The van der Waals surface area contributed by atoms with Crippen LogP contribution < -0.4 is 0 Å². The fourth-order valence-corrected chi connectivity index (χ4v) is 7.35. The van der Waals surface area contributed by atoms with Crippen molar-refractivity contribution < 1.29 is 0 Å². The van der Waals surface area contributed by atoms with Gasteiger partial charge in [-0.3, -0.25) is 4.57 Å². The molecule has 0 saturated carbocycles. The molecule has 0 radical (unpaired) electrons. The van der Waals surface area contributed by atoms with Crippen LogP contribution in [-0.4, -0.2) is 19.1 Å². The second-order valence-electron chi connectivity index (χ2n) is 11.8. The maximum atomic E-state index is 5.32. The zero-order valence-corrected chi connectivity index (χ0v) is 24.8. The number of rotatable bonds is 3. The van der Waals surface area contributed by atoms with E-state index in [1.165, 1.54) is 49.0 Å². The van der Waals surface area contributed by atoms with E-state index in [-0.39, 0.29) is 0 Å². The Morgan fingerprint density at radius 1 is 0.370 bits per heavy atom. The first kappa shape index (κ1) is 25.1. The number of aromatic nitrogens is 4. The molecule has 10 aromatic rings. The smallest absolute Gasteiger partial charge is 0.165 e.